The number of rotatable bonds is 7. The minimum Gasteiger partial charge on any atom is -0.548 e. The van der Waals surface area contributed by atoms with Gasteiger partial charge in [0, 0.05) is 32.1 Å². The van der Waals surface area contributed by atoms with Crippen molar-refractivity contribution in [3.63, 3.8) is 0 Å². The minimum atomic E-state index is -1.89. The Bertz CT molecular complexity index is 905. The van der Waals surface area contributed by atoms with Crippen LogP contribution in [0.15, 0.2) is 46.0 Å². The summed E-state index contributed by atoms with van der Waals surface area (Å²) < 4.78 is 14.0. The summed E-state index contributed by atoms with van der Waals surface area (Å²) >= 11 is 0. The molecule has 206 valence electrons. The Morgan fingerprint density at radius 3 is 1.68 bits per heavy atom. The molecule has 0 fully saturated rings. The molecule has 0 saturated heterocycles. The average Bonchev–Trinajstić information content (AvgIpc) is 3.27. The Morgan fingerprint density at radius 2 is 1.14 bits per heavy atom. The van der Waals surface area contributed by atoms with Crippen LogP contribution in [-0.4, -0.2) is 16.6 Å². The van der Waals surface area contributed by atoms with Gasteiger partial charge in [0.25, 0.3) is 0 Å². The van der Waals surface area contributed by atoms with Crippen LogP contribution in [0.3, 0.4) is 0 Å². The van der Waals surface area contributed by atoms with E-state index >= 15 is 0 Å². The first-order chi connectivity index (χ1) is 16.6. The summed E-state index contributed by atoms with van der Waals surface area (Å²) in [7, 11) is -3.77. The van der Waals surface area contributed by atoms with E-state index in [0.29, 0.717) is 11.8 Å². The van der Waals surface area contributed by atoms with Crippen LogP contribution < -0.4 is 0 Å². The van der Waals surface area contributed by atoms with Gasteiger partial charge in [-0.2, -0.15) is 6.42 Å². The molecule has 0 N–H and O–H groups in total. The first-order valence-corrected chi connectivity index (χ1v) is 20.5. The molecule has 0 aliphatic heterocycles. The third-order valence-electron chi connectivity index (χ3n) is 10.2. The van der Waals surface area contributed by atoms with Crippen molar-refractivity contribution < 1.29 is 35.1 Å². The van der Waals surface area contributed by atoms with Gasteiger partial charge in [-0.3, -0.25) is 0 Å². The van der Waals surface area contributed by atoms with E-state index in [-0.39, 0.29) is 36.3 Å². The van der Waals surface area contributed by atoms with Crippen molar-refractivity contribution in [2.24, 2.45) is 11.8 Å². The molecule has 0 amide bonds. The summed E-state index contributed by atoms with van der Waals surface area (Å²) in [4.78, 5) is 0. The Hall–Kier alpha value is -0.123. The predicted octanol–water partition coefficient (Wildman–Crippen LogP) is 10.4. The Labute approximate surface area is 250 Å². The third kappa shape index (κ3) is 6.62. The fourth-order valence-electron chi connectivity index (χ4n) is 5.74. The standard InChI is InChI=1S/C32H53O2Si2.Zr/c1-31(2,3)35(7,8)33-29-21-23-15-11-13-17-25(23)27(29)19-20-28-26-18-14-12-16-24(26)22-30(28)34-36(9,10)32(4,5)6;/h19,21-22,27-28H,11-18,20H2,1-10H3;/q-1;. The van der Waals surface area contributed by atoms with Crippen LogP contribution in [0.2, 0.25) is 36.3 Å². The van der Waals surface area contributed by atoms with Crippen molar-refractivity contribution in [2.45, 2.75) is 136 Å². The molecule has 4 aliphatic rings. The van der Waals surface area contributed by atoms with Gasteiger partial charge in [0.2, 0.25) is 16.6 Å². The fourth-order valence-corrected chi connectivity index (χ4v) is 7.92. The maximum atomic E-state index is 7.03. The summed E-state index contributed by atoms with van der Waals surface area (Å²) in [6.45, 7) is 23.7. The summed E-state index contributed by atoms with van der Waals surface area (Å²) in [5, 5.41) is 0.424. The molecule has 5 heteroatoms. The van der Waals surface area contributed by atoms with Crippen LogP contribution in [0.25, 0.3) is 0 Å². The molecule has 4 aliphatic carbocycles. The van der Waals surface area contributed by atoms with Gasteiger partial charge >= 0.3 is 0 Å². The van der Waals surface area contributed by atoms with E-state index in [2.05, 4.69) is 86.3 Å². The van der Waals surface area contributed by atoms with Crippen molar-refractivity contribution in [2.75, 3.05) is 0 Å². The first kappa shape index (κ1) is 31.4. The minimum absolute atomic E-state index is 0. The zero-order valence-corrected chi connectivity index (χ0v) is 30.0. The van der Waals surface area contributed by atoms with Gasteiger partial charge in [0.15, 0.2) is 0 Å². The maximum absolute atomic E-state index is 7.03. The van der Waals surface area contributed by atoms with Crippen molar-refractivity contribution in [3.8, 4) is 0 Å². The number of allylic oxidation sites excluding steroid dienone is 6. The molecule has 0 spiro atoms. The van der Waals surface area contributed by atoms with Crippen molar-refractivity contribution in [3.05, 3.63) is 52.4 Å². The normalized spacial score (nSPS) is 24.8. The number of hydrogen-bond donors (Lipinski definition) is 0. The van der Waals surface area contributed by atoms with E-state index in [1.54, 1.807) is 22.3 Å². The van der Waals surface area contributed by atoms with Crippen molar-refractivity contribution in [1.82, 2.24) is 0 Å². The molecule has 2 atom stereocenters. The van der Waals surface area contributed by atoms with Crippen molar-refractivity contribution in [1.29, 1.82) is 0 Å². The van der Waals surface area contributed by atoms with Gasteiger partial charge in [-0.1, -0.05) is 58.6 Å². The van der Waals surface area contributed by atoms with Gasteiger partial charge in [0.05, 0.1) is 11.5 Å². The molecule has 0 radical (unpaired) electrons. The molecular formula is C32H53O2Si2Zr-. The predicted molar refractivity (Wildman–Crippen MR) is 160 cm³/mol. The molecule has 0 aromatic carbocycles. The van der Waals surface area contributed by atoms with Gasteiger partial charge < -0.3 is 15.3 Å². The summed E-state index contributed by atoms with van der Waals surface area (Å²) in [6.07, 6.45) is 18.8. The molecule has 2 nitrogen and oxygen atoms in total. The summed E-state index contributed by atoms with van der Waals surface area (Å²) in [5.41, 5.74) is 6.50. The fraction of sp³-hybridized carbons (Fsp3) is 0.719. The second-order valence-electron chi connectivity index (χ2n) is 14.8. The molecule has 0 aromatic heterocycles. The van der Waals surface area contributed by atoms with E-state index in [1.165, 1.54) is 62.9 Å². The monoisotopic (exact) mass is 615 g/mol. The van der Waals surface area contributed by atoms with E-state index in [0.717, 1.165) is 6.42 Å². The van der Waals surface area contributed by atoms with E-state index < -0.39 is 16.6 Å². The number of hydrogen-bond acceptors (Lipinski definition) is 2. The van der Waals surface area contributed by atoms with Gasteiger partial charge in [-0.15, -0.1) is 0 Å². The molecule has 0 aromatic rings. The Balaban J connectivity index is 0.00000380. The molecule has 0 saturated carbocycles. The van der Waals surface area contributed by atoms with Crippen LogP contribution >= 0.6 is 0 Å². The summed E-state index contributed by atoms with van der Waals surface area (Å²) in [5.74, 6) is 3.31. The smallest absolute Gasteiger partial charge is 0.250 e. The third-order valence-corrected chi connectivity index (χ3v) is 18.9. The molecular weight excluding hydrogens is 564 g/mol. The molecule has 0 heterocycles. The van der Waals surface area contributed by atoms with E-state index in [4.69, 9.17) is 8.85 Å². The summed E-state index contributed by atoms with van der Waals surface area (Å²) in [6, 6.07) is 0. The van der Waals surface area contributed by atoms with Crippen LogP contribution in [0, 0.1) is 18.3 Å². The average molecular weight is 617 g/mol. The van der Waals surface area contributed by atoms with E-state index in [1.807, 2.05) is 0 Å². The van der Waals surface area contributed by atoms with Crippen molar-refractivity contribution >= 4 is 16.6 Å². The van der Waals surface area contributed by atoms with Crippen LogP contribution in [0.1, 0.15) is 99.3 Å². The molecule has 37 heavy (non-hydrogen) atoms. The zero-order chi connectivity index (χ0) is 26.5. The maximum Gasteiger partial charge on any atom is 0.250 e. The Morgan fingerprint density at radius 1 is 0.703 bits per heavy atom. The second kappa shape index (κ2) is 11.4. The van der Waals surface area contributed by atoms with Crippen LogP contribution in [0.5, 0.6) is 0 Å². The zero-order valence-electron chi connectivity index (χ0n) is 25.6. The topological polar surface area (TPSA) is 18.5 Å². The largest absolute Gasteiger partial charge is 0.548 e. The van der Waals surface area contributed by atoms with E-state index in [9.17, 15) is 0 Å². The SMILES string of the molecule is CC(C)(C)[Si](C)(C)OC1=CC2=C(CCCC2)C1[CH-]CC1C(O[Si](C)(C)C(C)(C)C)=CC2=C1CCCC2.[Zr]. The molecule has 2 unspecified atom stereocenters. The first-order valence-electron chi connectivity index (χ1n) is 14.7. The van der Waals surface area contributed by atoms with Crippen LogP contribution in [-0.2, 0) is 35.1 Å². The van der Waals surface area contributed by atoms with Crippen LogP contribution in [0.4, 0.5) is 0 Å². The van der Waals surface area contributed by atoms with Gasteiger partial charge in [-0.05, 0) is 111 Å². The van der Waals surface area contributed by atoms with Gasteiger partial charge in [-0.25, -0.2) is 0 Å². The second-order valence-corrected chi connectivity index (χ2v) is 24.3. The van der Waals surface area contributed by atoms with Gasteiger partial charge in [0.1, 0.15) is 0 Å². The molecule has 0 bridgehead atoms. The quantitative estimate of drug-likeness (QED) is 0.209. The Kier molecular flexibility index (Phi) is 9.67. The molecule has 4 rings (SSSR count).